The number of nitrogens with one attached hydrogen (secondary N) is 1. The molecule has 0 radical (unpaired) electrons. The quantitative estimate of drug-likeness (QED) is 0.808. The van der Waals surface area contributed by atoms with Crippen LogP contribution in [0.1, 0.15) is 16.8 Å². The Balaban J connectivity index is 1.52. The summed E-state index contributed by atoms with van der Waals surface area (Å²) in [6, 6.07) is 15.4. The fourth-order valence-corrected chi connectivity index (χ4v) is 3.17. The monoisotopic (exact) mass is 373 g/mol. The number of halogens is 1. The van der Waals surface area contributed by atoms with E-state index in [1.165, 1.54) is 5.69 Å². The van der Waals surface area contributed by atoms with Crippen molar-refractivity contribution in [2.75, 3.05) is 30.3 Å². The van der Waals surface area contributed by atoms with E-state index in [1.807, 2.05) is 0 Å². The number of hydrogen-bond donors (Lipinski definition) is 2. The van der Waals surface area contributed by atoms with Gasteiger partial charge in [-0.25, -0.2) is 0 Å². The molecule has 0 aliphatic carbocycles. The van der Waals surface area contributed by atoms with Gasteiger partial charge in [-0.1, -0.05) is 22.0 Å². The molecule has 1 amide bonds. The van der Waals surface area contributed by atoms with Gasteiger partial charge in [-0.05, 0) is 54.8 Å². The van der Waals surface area contributed by atoms with E-state index in [4.69, 9.17) is 5.73 Å². The Kier molecular flexibility index (Phi) is 4.86. The highest BCUT2D eigenvalue weighted by molar-refractivity contribution is 9.10. The van der Waals surface area contributed by atoms with E-state index in [9.17, 15) is 4.79 Å². The van der Waals surface area contributed by atoms with Gasteiger partial charge in [0.1, 0.15) is 0 Å². The average molecular weight is 374 g/mol. The third kappa shape index (κ3) is 4.05. The van der Waals surface area contributed by atoms with Crippen LogP contribution in [0.15, 0.2) is 53.0 Å². The van der Waals surface area contributed by atoms with Crippen molar-refractivity contribution in [3.8, 4) is 0 Å². The van der Waals surface area contributed by atoms with E-state index in [-0.39, 0.29) is 5.91 Å². The smallest absolute Gasteiger partial charge is 0.251 e. The van der Waals surface area contributed by atoms with Crippen molar-refractivity contribution in [1.82, 2.24) is 5.32 Å². The normalized spacial score (nSPS) is 17.3. The molecule has 3 rings (SSSR count). The molecule has 23 heavy (non-hydrogen) atoms. The molecule has 2 aromatic rings. The van der Waals surface area contributed by atoms with Crippen LogP contribution in [0.4, 0.5) is 11.4 Å². The maximum atomic E-state index is 12.2. The molecule has 4 nitrogen and oxygen atoms in total. The summed E-state index contributed by atoms with van der Waals surface area (Å²) in [5, 5.41) is 3.02. The summed E-state index contributed by atoms with van der Waals surface area (Å²) < 4.78 is 1.09. The van der Waals surface area contributed by atoms with Gasteiger partial charge in [-0.15, -0.1) is 0 Å². The molecule has 1 aliphatic rings. The standard InChI is InChI=1S/C18H20BrN3O/c19-15-4-6-17(7-5-15)22-9-8-13(12-22)11-21-18(23)14-2-1-3-16(20)10-14/h1-7,10,13H,8-9,11-12,20H2,(H,21,23). The number of rotatable bonds is 4. The van der Waals surface area contributed by atoms with E-state index in [1.54, 1.807) is 24.3 Å². The van der Waals surface area contributed by atoms with E-state index in [0.717, 1.165) is 24.0 Å². The Morgan fingerprint density at radius 2 is 2.04 bits per heavy atom. The number of anilines is 2. The molecule has 1 atom stereocenters. The van der Waals surface area contributed by atoms with Gasteiger partial charge in [-0.2, -0.15) is 0 Å². The van der Waals surface area contributed by atoms with E-state index in [0.29, 0.717) is 23.7 Å². The highest BCUT2D eigenvalue weighted by atomic mass is 79.9. The van der Waals surface area contributed by atoms with Gasteiger partial charge >= 0.3 is 0 Å². The van der Waals surface area contributed by atoms with Crippen LogP contribution >= 0.6 is 15.9 Å². The van der Waals surface area contributed by atoms with Crippen LogP contribution in [0.25, 0.3) is 0 Å². The van der Waals surface area contributed by atoms with Crippen molar-refractivity contribution in [1.29, 1.82) is 0 Å². The second kappa shape index (κ2) is 7.04. The first-order valence-corrected chi connectivity index (χ1v) is 8.55. The Morgan fingerprint density at radius 3 is 2.78 bits per heavy atom. The predicted molar refractivity (Wildman–Crippen MR) is 97.6 cm³/mol. The zero-order valence-corrected chi connectivity index (χ0v) is 14.4. The second-order valence-corrected chi connectivity index (χ2v) is 6.83. The molecule has 0 aromatic heterocycles. The zero-order chi connectivity index (χ0) is 16.2. The second-order valence-electron chi connectivity index (χ2n) is 5.91. The molecule has 2 aromatic carbocycles. The summed E-state index contributed by atoms with van der Waals surface area (Å²) in [5.41, 5.74) is 8.18. The molecule has 1 aliphatic heterocycles. The third-order valence-electron chi connectivity index (χ3n) is 4.18. The van der Waals surface area contributed by atoms with Gasteiger partial charge < -0.3 is 16.0 Å². The highest BCUT2D eigenvalue weighted by Gasteiger charge is 2.23. The maximum absolute atomic E-state index is 12.2. The first-order chi connectivity index (χ1) is 11.1. The Labute approximate surface area is 144 Å². The number of amides is 1. The molecule has 1 fully saturated rings. The minimum atomic E-state index is -0.0561. The number of benzene rings is 2. The van der Waals surface area contributed by atoms with Gasteiger partial charge in [0.2, 0.25) is 0 Å². The minimum Gasteiger partial charge on any atom is -0.399 e. The van der Waals surface area contributed by atoms with Crippen LogP contribution in [0.2, 0.25) is 0 Å². The first kappa shape index (κ1) is 15.9. The number of nitrogens with two attached hydrogens (primary N) is 1. The number of carbonyl (C=O) groups is 1. The summed E-state index contributed by atoms with van der Waals surface area (Å²) in [7, 11) is 0. The molecule has 0 bridgehead atoms. The van der Waals surface area contributed by atoms with Crippen LogP contribution < -0.4 is 16.0 Å². The number of nitrogen functional groups attached to an aromatic ring is 1. The fraction of sp³-hybridized carbons (Fsp3) is 0.278. The van der Waals surface area contributed by atoms with Gasteiger partial charge in [0.05, 0.1) is 0 Å². The molecule has 0 saturated carbocycles. The molecule has 0 spiro atoms. The minimum absolute atomic E-state index is 0.0561. The number of carbonyl (C=O) groups excluding carboxylic acids is 1. The molecule has 1 saturated heterocycles. The maximum Gasteiger partial charge on any atom is 0.251 e. The predicted octanol–water partition coefficient (Wildman–Crippen LogP) is 3.29. The SMILES string of the molecule is Nc1cccc(C(=O)NCC2CCN(c3ccc(Br)cc3)C2)c1. The molecule has 5 heteroatoms. The van der Waals surface area contributed by atoms with Crippen molar-refractivity contribution in [3.05, 3.63) is 58.6 Å². The average Bonchev–Trinajstić information content (AvgIpc) is 3.02. The Hall–Kier alpha value is -2.01. The Morgan fingerprint density at radius 1 is 1.26 bits per heavy atom. The largest absolute Gasteiger partial charge is 0.399 e. The molecule has 1 unspecified atom stereocenters. The molecule has 3 N–H and O–H groups in total. The lowest BCUT2D eigenvalue weighted by Crippen LogP contribution is -2.31. The first-order valence-electron chi connectivity index (χ1n) is 7.76. The Bertz CT molecular complexity index is 687. The van der Waals surface area contributed by atoms with E-state index < -0.39 is 0 Å². The van der Waals surface area contributed by atoms with Crippen molar-refractivity contribution in [2.45, 2.75) is 6.42 Å². The van der Waals surface area contributed by atoms with Gasteiger partial charge in [-0.3, -0.25) is 4.79 Å². The fourth-order valence-electron chi connectivity index (χ4n) is 2.90. The van der Waals surface area contributed by atoms with E-state index >= 15 is 0 Å². The van der Waals surface area contributed by atoms with Gasteiger partial charge in [0, 0.05) is 41.0 Å². The third-order valence-corrected chi connectivity index (χ3v) is 4.71. The lowest BCUT2D eigenvalue weighted by atomic mass is 10.1. The van der Waals surface area contributed by atoms with Crippen molar-refractivity contribution in [3.63, 3.8) is 0 Å². The number of nitrogens with zero attached hydrogens (tertiary/aromatic N) is 1. The molecular weight excluding hydrogens is 354 g/mol. The van der Waals surface area contributed by atoms with Crippen molar-refractivity contribution < 1.29 is 4.79 Å². The molecular formula is C18H20BrN3O. The van der Waals surface area contributed by atoms with Crippen LogP contribution in [-0.4, -0.2) is 25.5 Å². The summed E-state index contributed by atoms with van der Waals surface area (Å²) in [5.74, 6) is 0.419. The lowest BCUT2D eigenvalue weighted by molar-refractivity contribution is 0.0948. The van der Waals surface area contributed by atoms with Crippen molar-refractivity contribution in [2.24, 2.45) is 5.92 Å². The topological polar surface area (TPSA) is 58.4 Å². The zero-order valence-electron chi connectivity index (χ0n) is 12.8. The van der Waals surface area contributed by atoms with Crippen LogP contribution in [-0.2, 0) is 0 Å². The molecule has 120 valence electrons. The number of hydrogen-bond acceptors (Lipinski definition) is 3. The van der Waals surface area contributed by atoms with Gasteiger partial charge in [0.15, 0.2) is 0 Å². The van der Waals surface area contributed by atoms with Crippen LogP contribution in [0.3, 0.4) is 0 Å². The highest BCUT2D eigenvalue weighted by Crippen LogP contribution is 2.25. The van der Waals surface area contributed by atoms with Crippen molar-refractivity contribution >= 4 is 33.2 Å². The van der Waals surface area contributed by atoms with E-state index in [2.05, 4.69) is 50.4 Å². The van der Waals surface area contributed by atoms with Crippen LogP contribution in [0.5, 0.6) is 0 Å². The summed E-state index contributed by atoms with van der Waals surface area (Å²) in [4.78, 5) is 14.5. The lowest BCUT2D eigenvalue weighted by Gasteiger charge is -2.19. The summed E-state index contributed by atoms with van der Waals surface area (Å²) in [6.07, 6.45) is 1.09. The molecule has 1 heterocycles. The van der Waals surface area contributed by atoms with Crippen LogP contribution in [0, 0.1) is 5.92 Å². The summed E-state index contributed by atoms with van der Waals surface area (Å²) in [6.45, 7) is 2.69. The summed E-state index contributed by atoms with van der Waals surface area (Å²) >= 11 is 3.46. The van der Waals surface area contributed by atoms with Gasteiger partial charge in [0.25, 0.3) is 5.91 Å².